The van der Waals surface area contributed by atoms with Crippen LogP contribution < -0.4 is 0 Å². The van der Waals surface area contributed by atoms with E-state index in [-0.39, 0.29) is 18.9 Å². The molecular weight excluding hydrogens is 376 g/mol. The topological polar surface area (TPSA) is 73.1 Å². The quantitative estimate of drug-likeness (QED) is 0.548. The van der Waals surface area contributed by atoms with E-state index < -0.39 is 0 Å². The summed E-state index contributed by atoms with van der Waals surface area (Å²) in [6.07, 6.45) is 4.73. The molecule has 6 nitrogen and oxygen atoms in total. The minimum atomic E-state index is -0.162. The second-order valence-corrected chi connectivity index (χ2v) is 7.94. The van der Waals surface area contributed by atoms with Gasteiger partial charge in [-0.25, -0.2) is 15.0 Å². The molecule has 1 N–H and O–H groups in total. The van der Waals surface area contributed by atoms with Gasteiger partial charge in [0.2, 0.25) is 0 Å². The maximum Gasteiger partial charge on any atom is 0.165 e. The van der Waals surface area contributed by atoms with Crippen LogP contribution in [0.3, 0.4) is 0 Å². The summed E-state index contributed by atoms with van der Waals surface area (Å²) in [6.45, 7) is 4.27. The highest BCUT2D eigenvalue weighted by Gasteiger charge is 2.28. The molecule has 2 atom stereocenters. The maximum absolute atomic E-state index is 9.39. The lowest BCUT2D eigenvalue weighted by molar-refractivity contribution is -0.0207. The average molecular weight is 400 g/mol. The fourth-order valence-corrected chi connectivity index (χ4v) is 4.36. The van der Waals surface area contributed by atoms with Crippen molar-refractivity contribution >= 4 is 11.2 Å². The van der Waals surface area contributed by atoms with Gasteiger partial charge in [0, 0.05) is 5.56 Å². The number of ether oxygens (including phenoxy) is 1. The van der Waals surface area contributed by atoms with E-state index in [9.17, 15) is 5.11 Å². The van der Waals surface area contributed by atoms with Crippen LogP contribution in [0.5, 0.6) is 0 Å². The van der Waals surface area contributed by atoms with Gasteiger partial charge >= 0.3 is 0 Å². The van der Waals surface area contributed by atoms with E-state index in [1.165, 1.54) is 16.7 Å². The van der Waals surface area contributed by atoms with E-state index >= 15 is 0 Å². The fourth-order valence-electron chi connectivity index (χ4n) is 4.36. The second kappa shape index (κ2) is 7.63. The van der Waals surface area contributed by atoms with Gasteiger partial charge in [-0.2, -0.15) is 0 Å². The summed E-state index contributed by atoms with van der Waals surface area (Å²) in [6, 6.07) is 14.9. The third kappa shape index (κ3) is 3.28. The molecule has 2 aromatic heterocycles. The van der Waals surface area contributed by atoms with Gasteiger partial charge in [-0.1, -0.05) is 53.6 Å². The van der Waals surface area contributed by atoms with Crippen molar-refractivity contribution in [1.82, 2.24) is 19.5 Å². The van der Waals surface area contributed by atoms with Crippen LogP contribution in [0.25, 0.3) is 33.5 Å². The lowest BCUT2D eigenvalue weighted by Gasteiger charge is -2.14. The number of aryl methyl sites for hydroxylation is 2. The van der Waals surface area contributed by atoms with Gasteiger partial charge in [0.05, 0.1) is 19.0 Å². The summed E-state index contributed by atoms with van der Waals surface area (Å²) in [5.41, 5.74) is 8.09. The van der Waals surface area contributed by atoms with E-state index in [0.717, 1.165) is 40.8 Å². The molecule has 1 fully saturated rings. The summed E-state index contributed by atoms with van der Waals surface area (Å²) in [5.74, 6) is 0. The van der Waals surface area contributed by atoms with E-state index in [4.69, 9.17) is 4.74 Å². The Morgan fingerprint density at radius 2 is 1.77 bits per heavy atom. The fraction of sp³-hybridized carbons (Fsp3) is 0.292. The predicted octanol–water partition coefficient (Wildman–Crippen LogP) is 4.45. The molecular formula is C24H24N4O2. The van der Waals surface area contributed by atoms with Crippen molar-refractivity contribution in [1.29, 1.82) is 0 Å². The average Bonchev–Trinajstić information content (AvgIpc) is 3.39. The predicted molar refractivity (Wildman–Crippen MR) is 116 cm³/mol. The molecule has 30 heavy (non-hydrogen) atoms. The van der Waals surface area contributed by atoms with Crippen molar-refractivity contribution < 1.29 is 9.84 Å². The smallest absolute Gasteiger partial charge is 0.165 e. The van der Waals surface area contributed by atoms with Gasteiger partial charge in [-0.15, -0.1) is 0 Å². The SMILES string of the molecule is Cc1cc(C)cc(-c2ccccc2-c2ncnc3c2ncn3[C@H]2CCC(CO)O2)c1. The zero-order chi connectivity index (χ0) is 20.7. The number of rotatable bonds is 4. The lowest BCUT2D eigenvalue weighted by Crippen LogP contribution is -2.14. The Morgan fingerprint density at radius 3 is 2.50 bits per heavy atom. The first-order valence-electron chi connectivity index (χ1n) is 10.3. The third-order valence-corrected chi connectivity index (χ3v) is 5.67. The van der Waals surface area contributed by atoms with Crippen molar-refractivity contribution in [2.75, 3.05) is 6.61 Å². The van der Waals surface area contributed by atoms with Crippen LogP contribution in [0.15, 0.2) is 55.1 Å². The minimum absolute atomic E-state index is 0.0344. The number of hydrogen-bond acceptors (Lipinski definition) is 5. The molecule has 2 aromatic carbocycles. The molecule has 1 saturated heterocycles. The van der Waals surface area contributed by atoms with E-state index in [1.54, 1.807) is 12.7 Å². The van der Waals surface area contributed by atoms with Crippen LogP contribution in [-0.4, -0.2) is 37.3 Å². The number of aliphatic hydroxyl groups excluding tert-OH is 1. The molecule has 0 aliphatic carbocycles. The Hall–Kier alpha value is -3.09. The normalized spacial score (nSPS) is 18.9. The van der Waals surface area contributed by atoms with Crippen molar-refractivity contribution in [3.63, 3.8) is 0 Å². The molecule has 152 valence electrons. The lowest BCUT2D eigenvalue weighted by atomic mass is 9.95. The molecule has 0 saturated carbocycles. The summed E-state index contributed by atoms with van der Waals surface area (Å²) in [4.78, 5) is 13.8. The van der Waals surface area contributed by atoms with E-state index in [0.29, 0.717) is 0 Å². The van der Waals surface area contributed by atoms with Gasteiger partial charge in [0.15, 0.2) is 5.65 Å². The second-order valence-electron chi connectivity index (χ2n) is 7.94. The molecule has 1 unspecified atom stereocenters. The molecule has 0 bridgehead atoms. The Bertz CT molecular complexity index is 1200. The first-order chi connectivity index (χ1) is 14.6. The van der Waals surface area contributed by atoms with Crippen molar-refractivity contribution in [2.24, 2.45) is 0 Å². The molecule has 1 aliphatic rings. The third-order valence-electron chi connectivity index (χ3n) is 5.67. The van der Waals surface area contributed by atoms with Crippen LogP contribution in [0.4, 0.5) is 0 Å². The van der Waals surface area contributed by atoms with Gasteiger partial charge in [0.1, 0.15) is 23.8 Å². The number of imidazole rings is 1. The largest absolute Gasteiger partial charge is 0.394 e. The first-order valence-corrected chi connectivity index (χ1v) is 10.3. The number of aliphatic hydroxyl groups is 1. The molecule has 0 radical (unpaired) electrons. The molecule has 0 amide bonds. The highest BCUT2D eigenvalue weighted by atomic mass is 16.5. The molecule has 6 heteroatoms. The van der Waals surface area contributed by atoms with Gasteiger partial charge in [0.25, 0.3) is 0 Å². The van der Waals surface area contributed by atoms with E-state index in [2.05, 4.69) is 65.2 Å². The van der Waals surface area contributed by atoms with E-state index in [1.807, 2.05) is 10.6 Å². The Kier molecular flexibility index (Phi) is 4.81. The summed E-state index contributed by atoms with van der Waals surface area (Å²) >= 11 is 0. The number of aromatic nitrogens is 4. The Balaban J connectivity index is 1.63. The van der Waals surface area contributed by atoms with Crippen LogP contribution in [0.1, 0.15) is 30.2 Å². The molecule has 3 heterocycles. The summed E-state index contributed by atoms with van der Waals surface area (Å²) in [5, 5.41) is 9.39. The molecule has 4 aromatic rings. The number of hydrogen-bond donors (Lipinski definition) is 1. The number of fused-ring (bicyclic) bond motifs is 1. The molecule has 1 aliphatic heterocycles. The monoisotopic (exact) mass is 400 g/mol. The summed E-state index contributed by atoms with van der Waals surface area (Å²) < 4.78 is 7.89. The molecule has 0 spiro atoms. The Morgan fingerprint density at radius 1 is 1.00 bits per heavy atom. The van der Waals surface area contributed by atoms with Crippen LogP contribution >= 0.6 is 0 Å². The van der Waals surface area contributed by atoms with Gasteiger partial charge in [-0.05, 0) is 37.8 Å². The van der Waals surface area contributed by atoms with Gasteiger partial charge in [-0.3, -0.25) is 4.57 Å². The maximum atomic E-state index is 9.39. The van der Waals surface area contributed by atoms with Crippen molar-refractivity contribution in [3.8, 4) is 22.4 Å². The van der Waals surface area contributed by atoms with Crippen LogP contribution in [0.2, 0.25) is 0 Å². The van der Waals surface area contributed by atoms with Crippen LogP contribution in [-0.2, 0) is 4.74 Å². The van der Waals surface area contributed by atoms with Crippen LogP contribution in [0, 0.1) is 13.8 Å². The highest BCUT2D eigenvalue weighted by Crippen LogP contribution is 2.36. The van der Waals surface area contributed by atoms with Crippen molar-refractivity contribution in [2.45, 2.75) is 39.0 Å². The zero-order valence-electron chi connectivity index (χ0n) is 17.1. The van der Waals surface area contributed by atoms with Gasteiger partial charge < -0.3 is 9.84 Å². The number of nitrogens with zero attached hydrogens (tertiary/aromatic N) is 4. The van der Waals surface area contributed by atoms with Crippen molar-refractivity contribution in [3.05, 3.63) is 66.2 Å². The zero-order valence-corrected chi connectivity index (χ0v) is 17.1. The Labute approximate surface area is 175 Å². The standard InChI is InChI=1S/C24H24N4O2/c1-15-9-16(2)11-17(10-15)19-5-3-4-6-20(19)22-23-24(26-13-25-22)28(14-27-23)21-8-7-18(12-29)30-21/h3-6,9-11,13-14,18,21,29H,7-8,12H2,1-2H3/t18?,21-/m1/s1. The highest BCUT2D eigenvalue weighted by molar-refractivity contribution is 5.93. The number of benzene rings is 2. The summed E-state index contributed by atoms with van der Waals surface area (Å²) in [7, 11) is 0. The first kappa shape index (κ1) is 18.9. The molecule has 5 rings (SSSR count). The minimum Gasteiger partial charge on any atom is -0.394 e.